The van der Waals surface area contributed by atoms with E-state index in [0.717, 1.165) is 57.1 Å². The standard InChI is InChI=1S/C28H38F3N5O2.C2H4O2/c1-19-16-35(14-15-36(19)24(17-38-5)22-6-8-23(9-7-22)28(29,30)31)27(4)10-12-34(13-11-27)26(37)25-20(2)32-18-33-21(25)3;1-2(3)4/h6-9,18-19,24H,10-17H2,1-5H3;1H3,(H,3,4)/t19-,24-;/m0./s1. The Morgan fingerprint density at radius 3 is 2.10 bits per heavy atom. The lowest BCUT2D eigenvalue weighted by Gasteiger charge is -2.52. The highest BCUT2D eigenvalue weighted by Gasteiger charge is 2.41. The van der Waals surface area contributed by atoms with E-state index in [-0.39, 0.29) is 23.5 Å². The van der Waals surface area contributed by atoms with E-state index < -0.39 is 17.7 Å². The maximum absolute atomic E-state index is 13.2. The van der Waals surface area contributed by atoms with Crippen molar-refractivity contribution >= 4 is 11.9 Å². The fourth-order valence-electron chi connectivity index (χ4n) is 5.93. The van der Waals surface area contributed by atoms with Crippen LogP contribution in [0.5, 0.6) is 0 Å². The quantitative estimate of drug-likeness (QED) is 0.520. The van der Waals surface area contributed by atoms with Gasteiger partial charge >= 0.3 is 6.18 Å². The average Bonchev–Trinajstić information content (AvgIpc) is 2.91. The number of aryl methyl sites for hydroxylation is 2. The van der Waals surface area contributed by atoms with Gasteiger partial charge in [-0.05, 0) is 58.2 Å². The molecular formula is C30H42F3N5O4. The molecule has 0 aliphatic carbocycles. The molecule has 2 aromatic rings. The fraction of sp³-hybridized carbons (Fsp3) is 0.600. The highest BCUT2D eigenvalue weighted by atomic mass is 19.4. The summed E-state index contributed by atoms with van der Waals surface area (Å²) in [6, 6.07) is 5.52. The number of methoxy groups -OCH3 is 1. The molecule has 3 heterocycles. The first-order valence-corrected chi connectivity index (χ1v) is 14.1. The minimum Gasteiger partial charge on any atom is -0.481 e. The number of halogens is 3. The summed E-state index contributed by atoms with van der Waals surface area (Å²) in [5.74, 6) is -0.834. The lowest BCUT2D eigenvalue weighted by molar-refractivity contribution is -0.137. The number of carboxylic acids is 1. The van der Waals surface area contributed by atoms with Crippen LogP contribution in [0.4, 0.5) is 13.2 Å². The molecule has 12 heteroatoms. The number of carbonyl (C=O) groups excluding carboxylic acids is 1. The molecule has 2 aliphatic rings. The number of likely N-dealkylation sites (tertiary alicyclic amines) is 1. The van der Waals surface area contributed by atoms with E-state index >= 15 is 0 Å². The van der Waals surface area contributed by atoms with Crippen molar-refractivity contribution < 1.29 is 32.6 Å². The van der Waals surface area contributed by atoms with Crippen molar-refractivity contribution in [3.8, 4) is 0 Å². The Bertz CT molecular complexity index is 1190. The molecule has 2 fully saturated rings. The summed E-state index contributed by atoms with van der Waals surface area (Å²) in [4.78, 5) is 37.4. The van der Waals surface area contributed by atoms with Crippen LogP contribution in [-0.2, 0) is 15.7 Å². The first-order valence-electron chi connectivity index (χ1n) is 14.1. The number of piperazine rings is 1. The van der Waals surface area contributed by atoms with Gasteiger partial charge in [0.1, 0.15) is 6.33 Å². The number of alkyl halides is 3. The summed E-state index contributed by atoms with van der Waals surface area (Å²) >= 11 is 0. The van der Waals surface area contributed by atoms with Crippen LogP contribution in [0.3, 0.4) is 0 Å². The minimum absolute atomic E-state index is 0.000198. The molecule has 42 heavy (non-hydrogen) atoms. The van der Waals surface area contributed by atoms with Gasteiger partial charge in [-0.1, -0.05) is 12.1 Å². The Hall–Kier alpha value is -3.09. The highest BCUT2D eigenvalue weighted by molar-refractivity contribution is 5.96. The van der Waals surface area contributed by atoms with E-state index in [1.807, 2.05) is 18.7 Å². The Balaban J connectivity index is 0.00000114. The summed E-state index contributed by atoms with van der Waals surface area (Å²) < 4.78 is 44.7. The average molecular weight is 594 g/mol. The summed E-state index contributed by atoms with van der Waals surface area (Å²) in [5.41, 5.74) is 2.18. The number of amides is 1. The van der Waals surface area contributed by atoms with Gasteiger partial charge < -0.3 is 14.7 Å². The number of rotatable bonds is 6. The largest absolute Gasteiger partial charge is 0.481 e. The molecule has 2 saturated heterocycles. The molecule has 2 atom stereocenters. The van der Waals surface area contributed by atoms with Crippen molar-refractivity contribution in [1.29, 1.82) is 0 Å². The normalized spacial score (nSPS) is 20.4. The molecule has 1 aromatic carbocycles. The maximum Gasteiger partial charge on any atom is 0.416 e. The van der Waals surface area contributed by atoms with Crippen molar-refractivity contribution in [3.05, 3.63) is 58.7 Å². The first kappa shape index (κ1) is 33.4. The lowest BCUT2D eigenvalue weighted by Crippen LogP contribution is -2.62. The Labute approximate surface area is 245 Å². The number of hydrogen-bond donors (Lipinski definition) is 1. The number of carbonyl (C=O) groups is 2. The maximum atomic E-state index is 13.2. The molecule has 0 radical (unpaired) electrons. The number of piperidine rings is 1. The monoisotopic (exact) mass is 593 g/mol. The van der Waals surface area contributed by atoms with Gasteiger partial charge in [0, 0.05) is 58.3 Å². The number of carboxylic acid groups (broad SMARTS) is 1. The first-order chi connectivity index (χ1) is 19.7. The SMILES string of the molecule is CC(=O)O.COC[C@@H](c1ccc(C(F)(F)F)cc1)N1CCN(C2(C)CCN(C(=O)c3c(C)ncnc3C)CC2)C[C@@H]1C. The molecule has 9 nitrogen and oxygen atoms in total. The molecule has 1 amide bonds. The molecule has 232 valence electrons. The van der Waals surface area contributed by atoms with E-state index in [0.29, 0.717) is 36.6 Å². The molecule has 0 spiro atoms. The predicted molar refractivity (Wildman–Crippen MR) is 152 cm³/mol. The van der Waals surface area contributed by atoms with Gasteiger partial charge in [0.15, 0.2) is 0 Å². The van der Waals surface area contributed by atoms with E-state index in [4.69, 9.17) is 14.6 Å². The van der Waals surface area contributed by atoms with Crippen molar-refractivity contribution in [2.75, 3.05) is 46.4 Å². The van der Waals surface area contributed by atoms with E-state index in [2.05, 4.69) is 33.6 Å². The van der Waals surface area contributed by atoms with Crippen molar-refractivity contribution in [2.45, 2.75) is 71.3 Å². The van der Waals surface area contributed by atoms with Gasteiger partial charge in [0.2, 0.25) is 0 Å². The lowest BCUT2D eigenvalue weighted by atomic mass is 9.86. The van der Waals surface area contributed by atoms with Crippen LogP contribution in [0.2, 0.25) is 0 Å². The number of hydrogen-bond acceptors (Lipinski definition) is 7. The van der Waals surface area contributed by atoms with Crippen LogP contribution < -0.4 is 0 Å². The van der Waals surface area contributed by atoms with Crippen LogP contribution in [0.25, 0.3) is 0 Å². The number of aromatic nitrogens is 2. The summed E-state index contributed by atoms with van der Waals surface area (Å²) in [6.45, 7) is 13.5. The zero-order valence-electron chi connectivity index (χ0n) is 25.2. The Kier molecular flexibility index (Phi) is 11.1. The number of nitrogens with zero attached hydrogens (tertiary/aromatic N) is 5. The van der Waals surface area contributed by atoms with Gasteiger partial charge in [-0.2, -0.15) is 13.2 Å². The van der Waals surface area contributed by atoms with Crippen LogP contribution >= 0.6 is 0 Å². The third-order valence-corrected chi connectivity index (χ3v) is 8.36. The molecule has 1 aromatic heterocycles. The second-order valence-corrected chi connectivity index (χ2v) is 11.4. The smallest absolute Gasteiger partial charge is 0.416 e. The zero-order chi connectivity index (χ0) is 31.2. The molecule has 0 saturated carbocycles. The highest BCUT2D eigenvalue weighted by Crippen LogP contribution is 2.35. The number of ether oxygens (including phenoxy) is 1. The number of aliphatic carboxylic acids is 1. The molecule has 0 bridgehead atoms. The van der Waals surface area contributed by atoms with Crippen molar-refractivity contribution in [1.82, 2.24) is 24.7 Å². The Morgan fingerprint density at radius 2 is 1.62 bits per heavy atom. The van der Waals surface area contributed by atoms with Crippen molar-refractivity contribution in [2.24, 2.45) is 0 Å². The summed E-state index contributed by atoms with van der Waals surface area (Å²) in [5, 5.41) is 7.42. The van der Waals surface area contributed by atoms with E-state index in [1.165, 1.54) is 6.33 Å². The Morgan fingerprint density at radius 1 is 1.07 bits per heavy atom. The van der Waals surface area contributed by atoms with Crippen LogP contribution in [-0.4, -0.2) is 99.7 Å². The van der Waals surface area contributed by atoms with Gasteiger partial charge in [0.25, 0.3) is 11.9 Å². The predicted octanol–water partition coefficient (Wildman–Crippen LogP) is 4.59. The van der Waals surface area contributed by atoms with Crippen LogP contribution in [0, 0.1) is 13.8 Å². The summed E-state index contributed by atoms with van der Waals surface area (Å²) in [6.07, 6.45) is -1.12. The van der Waals surface area contributed by atoms with Crippen LogP contribution in [0.1, 0.15) is 72.5 Å². The van der Waals surface area contributed by atoms with Crippen LogP contribution in [0.15, 0.2) is 30.6 Å². The second kappa shape index (κ2) is 13.9. The van der Waals surface area contributed by atoms with Gasteiger partial charge in [-0.3, -0.25) is 19.4 Å². The molecule has 0 unspecified atom stereocenters. The second-order valence-electron chi connectivity index (χ2n) is 11.4. The molecule has 2 aliphatic heterocycles. The van der Waals surface area contributed by atoms with Gasteiger partial charge in [-0.15, -0.1) is 0 Å². The van der Waals surface area contributed by atoms with E-state index in [9.17, 15) is 18.0 Å². The number of benzene rings is 1. The summed E-state index contributed by atoms with van der Waals surface area (Å²) in [7, 11) is 1.62. The molecule has 4 rings (SSSR count). The van der Waals surface area contributed by atoms with Crippen molar-refractivity contribution in [3.63, 3.8) is 0 Å². The van der Waals surface area contributed by atoms with Gasteiger partial charge in [0.05, 0.1) is 35.2 Å². The molecular weight excluding hydrogens is 551 g/mol. The fourth-order valence-corrected chi connectivity index (χ4v) is 5.93. The third kappa shape index (κ3) is 8.05. The topological polar surface area (TPSA) is 99.1 Å². The molecule has 1 N–H and O–H groups in total. The van der Waals surface area contributed by atoms with E-state index in [1.54, 1.807) is 19.2 Å². The third-order valence-electron chi connectivity index (χ3n) is 8.36. The zero-order valence-corrected chi connectivity index (χ0v) is 25.2. The van der Waals surface area contributed by atoms with Gasteiger partial charge in [-0.25, -0.2) is 9.97 Å². The minimum atomic E-state index is -4.35.